The molecule has 0 radical (unpaired) electrons. The normalized spacial score (nSPS) is 23.2. The van der Waals surface area contributed by atoms with Crippen molar-refractivity contribution < 1.29 is 4.74 Å². The molecule has 0 bridgehead atoms. The van der Waals surface area contributed by atoms with Gasteiger partial charge in [0.1, 0.15) is 0 Å². The Morgan fingerprint density at radius 1 is 1.29 bits per heavy atom. The molecule has 9 heteroatoms. The lowest BCUT2D eigenvalue weighted by molar-refractivity contribution is -0.0327. The summed E-state index contributed by atoms with van der Waals surface area (Å²) in [5, 5.41) is 5.25. The smallest absolute Gasteiger partial charge is 0.191 e. The average Bonchev–Trinajstić information content (AvgIpc) is 3.43. The SMILES string of the molecule is CC1CN(C(CN=C(N)N2CCN(c3nccs3)CC2)c2cccs2)CCO1. The Morgan fingerprint density at radius 2 is 2.14 bits per heavy atom. The zero-order chi connectivity index (χ0) is 19.3. The Hall–Kier alpha value is -1.68. The van der Waals surface area contributed by atoms with Gasteiger partial charge in [-0.05, 0) is 18.4 Å². The Morgan fingerprint density at radius 3 is 2.82 bits per heavy atom. The Bertz CT molecular complexity index is 743. The fourth-order valence-electron chi connectivity index (χ4n) is 3.77. The maximum atomic E-state index is 6.38. The topological polar surface area (TPSA) is 70.2 Å². The number of ether oxygens (including phenoxy) is 1. The van der Waals surface area contributed by atoms with E-state index in [2.05, 4.69) is 44.1 Å². The van der Waals surface area contributed by atoms with Gasteiger partial charge in [-0.2, -0.15) is 0 Å². The van der Waals surface area contributed by atoms with Crippen LogP contribution in [0.1, 0.15) is 17.8 Å². The first-order chi connectivity index (χ1) is 13.7. The first-order valence-corrected chi connectivity index (χ1v) is 11.5. The van der Waals surface area contributed by atoms with Gasteiger partial charge < -0.3 is 20.3 Å². The number of anilines is 1. The van der Waals surface area contributed by atoms with Gasteiger partial charge in [0.2, 0.25) is 0 Å². The van der Waals surface area contributed by atoms with Gasteiger partial charge in [-0.25, -0.2) is 4.98 Å². The Labute approximate surface area is 174 Å². The van der Waals surface area contributed by atoms with E-state index in [1.165, 1.54) is 4.88 Å². The van der Waals surface area contributed by atoms with Crippen molar-refractivity contribution in [1.82, 2.24) is 14.8 Å². The van der Waals surface area contributed by atoms with Gasteiger partial charge in [0, 0.05) is 55.7 Å². The van der Waals surface area contributed by atoms with Crippen LogP contribution >= 0.6 is 22.7 Å². The molecule has 0 amide bonds. The highest BCUT2D eigenvalue weighted by atomic mass is 32.1. The highest BCUT2D eigenvalue weighted by Gasteiger charge is 2.27. The van der Waals surface area contributed by atoms with Crippen LogP contribution in [-0.4, -0.2) is 79.3 Å². The zero-order valence-corrected chi connectivity index (χ0v) is 17.9. The number of aliphatic imine (C=N–C) groups is 1. The minimum Gasteiger partial charge on any atom is -0.376 e. The molecule has 0 aromatic carbocycles. The number of aromatic nitrogens is 1. The van der Waals surface area contributed by atoms with E-state index in [1.54, 1.807) is 22.7 Å². The highest BCUT2D eigenvalue weighted by molar-refractivity contribution is 7.13. The predicted octanol–water partition coefficient (Wildman–Crippen LogP) is 2.10. The number of nitrogens with two attached hydrogens (primary N) is 1. The van der Waals surface area contributed by atoms with Crippen molar-refractivity contribution in [2.75, 3.05) is 57.3 Å². The average molecular weight is 421 g/mol. The van der Waals surface area contributed by atoms with E-state index in [4.69, 9.17) is 15.5 Å². The van der Waals surface area contributed by atoms with Crippen molar-refractivity contribution in [3.63, 3.8) is 0 Å². The van der Waals surface area contributed by atoms with Gasteiger partial charge in [0.05, 0.1) is 25.3 Å². The molecule has 2 fully saturated rings. The lowest BCUT2D eigenvalue weighted by Gasteiger charge is -2.37. The zero-order valence-electron chi connectivity index (χ0n) is 16.2. The summed E-state index contributed by atoms with van der Waals surface area (Å²) >= 11 is 3.48. The third-order valence-corrected chi connectivity index (χ3v) is 7.11. The standard InChI is InChI=1S/C19H28N6OS2/c1-15-14-25(9-10-26-15)16(17-3-2-11-27-17)13-22-18(20)23-5-7-24(8-6-23)19-21-4-12-28-19/h2-4,11-12,15-16H,5-10,13-14H2,1H3,(H2,20,22). The molecule has 0 aliphatic carbocycles. The second kappa shape index (κ2) is 9.21. The molecule has 2 aromatic heterocycles. The quantitative estimate of drug-likeness (QED) is 0.590. The number of hydrogen-bond donors (Lipinski definition) is 1. The molecule has 0 spiro atoms. The third-order valence-electron chi connectivity index (χ3n) is 5.30. The van der Waals surface area contributed by atoms with Crippen LogP contribution in [0.4, 0.5) is 5.13 Å². The second-order valence-electron chi connectivity index (χ2n) is 7.20. The number of morpholine rings is 1. The van der Waals surface area contributed by atoms with Gasteiger partial charge in [-0.1, -0.05) is 6.07 Å². The van der Waals surface area contributed by atoms with E-state index in [0.717, 1.165) is 51.0 Å². The number of nitrogens with zero attached hydrogens (tertiary/aromatic N) is 5. The predicted molar refractivity (Wildman–Crippen MR) is 116 cm³/mol. The number of guanidine groups is 1. The molecule has 2 aromatic rings. The summed E-state index contributed by atoms with van der Waals surface area (Å²) < 4.78 is 5.72. The number of piperazine rings is 1. The van der Waals surface area contributed by atoms with Crippen LogP contribution < -0.4 is 10.6 Å². The molecule has 152 valence electrons. The molecule has 28 heavy (non-hydrogen) atoms. The van der Waals surface area contributed by atoms with Crippen LogP contribution in [0.5, 0.6) is 0 Å². The molecule has 2 atom stereocenters. The second-order valence-corrected chi connectivity index (χ2v) is 9.05. The number of rotatable bonds is 5. The first kappa shape index (κ1) is 19.6. The molecule has 2 unspecified atom stereocenters. The molecule has 0 saturated carbocycles. The van der Waals surface area contributed by atoms with Crippen LogP contribution in [0.25, 0.3) is 0 Å². The van der Waals surface area contributed by atoms with Crippen molar-refractivity contribution in [2.45, 2.75) is 19.1 Å². The van der Waals surface area contributed by atoms with Crippen molar-refractivity contribution in [1.29, 1.82) is 0 Å². The van der Waals surface area contributed by atoms with Crippen LogP contribution in [0.15, 0.2) is 34.1 Å². The fourth-order valence-corrected chi connectivity index (χ4v) is 5.32. The van der Waals surface area contributed by atoms with Crippen LogP contribution in [0.2, 0.25) is 0 Å². The largest absolute Gasteiger partial charge is 0.376 e. The van der Waals surface area contributed by atoms with Crippen molar-refractivity contribution >= 4 is 33.8 Å². The molecular formula is C19H28N6OS2. The van der Waals surface area contributed by atoms with E-state index >= 15 is 0 Å². The lowest BCUT2D eigenvalue weighted by Crippen LogP contribution is -2.51. The molecule has 2 N–H and O–H groups in total. The Balaban J connectivity index is 1.38. The summed E-state index contributed by atoms with van der Waals surface area (Å²) in [5.74, 6) is 0.654. The van der Waals surface area contributed by atoms with Crippen LogP contribution in [-0.2, 0) is 4.74 Å². The maximum Gasteiger partial charge on any atom is 0.191 e. The minimum atomic E-state index is 0.261. The molecule has 7 nitrogen and oxygen atoms in total. The minimum absolute atomic E-state index is 0.261. The summed E-state index contributed by atoms with van der Waals surface area (Å²) in [4.78, 5) is 17.5. The summed E-state index contributed by atoms with van der Waals surface area (Å²) in [6.45, 7) is 9.10. The van der Waals surface area contributed by atoms with Gasteiger partial charge >= 0.3 is 0 Å². The summed E-state index contributed by atoms with van der Waals surface area (Å²) in [5.41, 5.74) is 6.38. The summed E-state index contributed by atoms with van der Waals surface area (Å²) in [6.07, 6.45) is 2.12. The number of hydrogen-bond acceptors (Lipinski definition) is 7. The maximum absolute atomic E-state index is 6.38. The van der Waals surface area contributed by atoms with E-state index in [9.17, 15) is 0 Å². The van der Waals surface area contributed by atoms with Gasteiger partial charge in [0.25, 0.3) is 0 Å². The fraction of sp³-hybridized carbons (Fsp3) is 0.579. The highest BCUT2D eigenvalue weighted by Crippen LogP contribution is 2.27. The van der Waals surface area contributed by atoms with Crippen LogP contribution in [0, 0.1) is 0 Å². The third kappa shape index (κ3) is 4.65. The number of thiazole rings is 1. The van der Waals surface area contributed by atoms with Gasteiger partial charge in [-0.3, -0.25) is 9.89 Å². The number of thiophene rings is 1. The monoisotopic (exact) mass is 420 g/mol. The molecule has 2 aliphatic rings. The van der Waals surface area contributed by atoms with Gasteiger partial charge in [-0.15, -0.1) is 22.7 Å². The molecular weight excluding hydrogens is 392 g/mol. The Kier molecular flexibility index (Phi) is 6.46. The van der Waals surface area contributed by atoms with Crippen molar-refractivity contribution in [3.8, 4) is 0 Å². The lowest BCUT2D eigenvalue weighted by atomic mass is 10.1. The molecule has 4 heterocycles. The van der Waals surface area contributed by atoms with E-state index in [1.807, 2.05) is 11.6 Å². The molecule has 2 aliphatic heterocycles. The van der Waals surface area contributed by atoms with Crippen molar-refractivity contribution in [2.24, 2.45) is 10.7 Å². The first-order valence-electron chi connectivity index (χ1n) is 9.79. The van der Waals surface area contributed by atoms with Crippen molar-refractivity contribution in [3.05, 3.63) is 34.0 Å². The van der Waals surface area contributed by atoms with E-state index < -0.39 is 0 Å². The van der Waals surface area contributed by atoms with Crippen LogP contribution in [0.3, 0.4) is 0 Å². The molecule has 4 rings (SSSR count). The van der Waals surface area contributed by atoms with Gasteiger partial charge in [0.15, 0.2) is 11.1 Å². The van der Waals surface area contributed by atoms with E-state index in [-0.39, 0.29) is 12.1 Å². The summed E-state index contributed by atoms with van der Waals surface area (Å²) in [6, 6.07) is 4.58. The summed E-state index contributed by atoms with van der Waals surface area (Å²) in [7, 11) is 0. The van der Waals surface area contributed by atoms with E-state index in [0.29, 0.717) is 12.5 Å². The molecule has 2 saturated heterocycles.